The third-order valence-corrected chi connectivity index (χ3v) is 5.60. The van der Waals surface area contributed by atoms with E-state index in [4.69, 9.17) is 4.74 Å². The first-order chi connectivity index (χ1) is 12.9. The number of hydrogen-bond donors (Lipinski definition) is 1. The molecule has 0 saturated heterocycles. The summed E-state index contributed by atoms with van der Waals surface area (Å²) in [4.78, 5) is 2.11. The minimum Gasteiger partial charge on any atom is -0.494 e. The Labute approximate surface area is 170 Å². The minimum atomic E-state index is -0.390. The smallest absolute Gasteiger partial charge is 0.147 e. The first kappa shape index (κ1) is 18.3. The highest BCUT2D eigenvalue weighted by Crippen LogP contribution is 2.48. The summed E-state index contributed by atoms with van der Waals surface area (Å²) in [5.41, 5.74) is 3.84. The number of anilines is 3. The molecule has 2 aromatic rings. The fourth-order valence-corrected chi connectivity index (χ4v) is 4.08. The molecule has 0 spiro atoms. The van der Waals surface area contributed by atoms with Gasteiger partial charge in [0.25, 0.3) is 0 Å². The average molecular weight is 480 g/mol. The van der Waals surface area contributed by atoms with Gasteiger partial charge in [0, 0.05) is 20.7 Å². The van der Waals surface area contributed by atoms with Crippen molar-refractivity contribution in [3.05, 3.63) is 69.1 Å². The van der Waals surface area contributed by atoms with E-state index in [1.165, 1.54) is 18.2 Å². The molecule has 0 radical (unpaired) electrons. The molecule has 6 heteroatoms. The third kappa shape index (κ3) is 3.20. The van der Waals surface area contributed by atoms with E-state index >= 15 is 0 Å². The lowest BCUT2D eigenvalue weighted by Crippen LogP contribution is -2.29. The van der Waals surface area contributed by atoms with Gasteiger partial charge in [0.2, 0.25) is 0 Å². The number of methoxy groups -OCH3 is 1. The van der Waals surface area contributed by atoms with Crippen molar-refractivity contribution >= 4 is 45.2 Å². The summed E-state index contributed by atoms with van der Waals surface area (Å²) in [6.07, 6.45) is 2.09. The minimum absolute atomic E-state index is 0.291. The summed E-state index contributed by atoms with van der Waals surface area (Å²) in [5.74, 6) is -0.0968. The van der Waals surface area contributed by atoms with Crippen molar-refractivity contribution < 1.29 is 13.5 Å². The number of nitrogens with one attached hydrogen (secondary N) is 1. The van der Waals surface area contributed by atoms with Crippen LogP contribution in [-0.2, 0) is 4.74 Å². The molecule has 0 unspecified atom stereocenters. The van der Waals surface area contributed by atoms with Crippen molar-refractivity contribution in [2.45, 2.75) is 25.8 Å². The maximum atomic E-state index is 14.5. The topological polar surface area (TPSA) is 24.5 Å². The Balaban J connectivity index is 1.87. The van der Waals surface area contributed by atoms with Crippen LogP contribution in [0.5, 0.6) is 0 Å². The zero-order chi connectivity index (χ0) is 19.3. The first-order valence-corrected chi connectivity index (χ1v) is 9.78. The Morgan fingerprint density at radius 2 is 1.93 bits per heavy atom. The van der Waals surface area contributed by atoms with Crippen molar-refractivity contribution in [3.63, 3.8) is 0 Å². The lowest BCUT2D eigenvalue weighted by atomic mass is 9.94. The molecule has 1 saturated carbocycles. The van der Waals surface area contributed by atoms with E-state index in [1.54, 1.807) is 19.2 Å². The second kappa shape index (κ2) is 6.82. The summed E-state index contributed by atoms with van der Waals surface area (Å²) in [5, 5.41) is 3.05. The van der Waals surface area contributed by atoms with Crippen LogP contribution in [0.4, 0.5) is 25.8 Å². The van der Waals surface area contributed by atoms with Crippen molar-refractivity contribution in [1.29, 1.82) is 0 Å². The highest BCUT2D eigenvalue weighted by Gasteiger charge is 2.38. The predicted octanol–water partition coefficient (Wildman–Crippen LogP) is 6.19. The van der Waals surface area contributed by atoms with Crippen LogP contribution in [0, 0.1) is 15.2 Å². The number of nitrogens with zero attached hydrogens (tertiary/aromatic N) is 1. The van der Waals surface area contributed by atoms with E-state index in [1.807, 2.05) is 6.92 Å². The molecule has 0 aromatic heterocycles. The Bertz CT molecular complexity index is 982. The van der Waals surface area contributed by atoms with Crippen molar-refractivity contribution in [3.8, 4) is 0 Å². The van der Waals surface area contributed by atoms with Gasteiger partial charge in [-0.2, -0.15) is 0 Å². The number of hydrogen-bond acceptors (Lipinski definition) is 3. The zero-order valence-electron chi connectivity index (χ0n) is 15.1. The van der Waals surface area contributed by atoms with Crippen LogP contribution >= 0.6 is 22.6 Å². The van der Waals surface area contributed by atoms with Gasteiger partial charge in [-0.15, -0.1) is 0 Å². The quantitative estimate of drug-likeness (QED) is 0.529. The van der Waals surface area contributed by atoms with Gasteiger partial charge in [-0.05, 0) is 72.7 Å². The number of halogens is 3. The van der Waals surface area contributed by atoms with E-state index < -0.39 is 0 Å². The van der Waals surface area contributed by atoms with Gasteiger partial charge in [-0.3, -0.25) is 0 Å². The van der Waals surface area contributed by atoms with Crippen LogP contribution < -0.4 is 10.2 Å². The molecule has 0 atom stereocenters. The summed E-state index contributed by atoms with van der Waals surface area (Å²) < 4.78 is 35.2. The average Bonchev–Trinajstić information content (AvgIpc) is 3.42. The molecule has 2 aromatic carbocycles. The van der Waals surface area contributed by atoms with Gasteiger partial charge in [0.1, 0.15) is 17.4 Å². The molecule has 1 N–H and O–H groups in total. The molecule has 27 heavy (non-hydrogen) atoms. The normalized spacial score (nSPS) is 16.5. The molecule has 1 aliphatic carbocycles. The fraction of sp³-hybridized carbons (Fsp3) is 0.238. The van der Waals surface area contributed by atoms with Crippen LogP contribution in [0.15, 0.2) is 48.4 Å². The molecule has 0 amide bonds. The van der Waals surface area contributed by atoms with Crippen molar-refractivity contribution in [2.75, 3.05) is 17.3 Å². The molecule has 0 bridgehead atoms. The summed E-state index contributed by atoms with van der Waals surface area (Å²) in [6, 6.07) is 8.10. The monoisotopic (exact) mass is 480 g/mol. The predicted molar refractivity (Wildman–Crippen MR) is 113 cm³/mol. The highest BCUT2D eigenvalue weighted by atomic mass is 127. The molecule has 4 rings (SSSR count). The van der Waals surface area contributed by atoms with E-state index in [0.29, 0.717) is 28.7 Å². The van der Waals surface area contributed by atoms with Crippen LogP contribution in [0.2, 0.25) is 0 Å². The van der Waals surface area contributed by atoms with Crippen LogP contribution in [0.3, 0.4) is 0 Å². The van der Waals surface area contributed by atoms with Gasteiger partial charge < -0.3 is 15.0 Å². The maximum absolute atomic E-state index is 14.5. The Hall–Kier alpha value is -2.09. The van der Waals surface area contributed by atoms with Crippen LogP contribution in [0.1, 0.15) is 25.3 Å². The first-order valence-electron chi connectivity index (χ1n) is 8.70. The molecule has 1 fully saturated rings. The van der Waals surface area contributed by atoms with Crippen molar-refractivity contribution in [2.24, 2.45) is 0 Å². The molecule has 2 aliphatic rings. The zero-order valence-corrected chi connectivity index (χ0v) is 17.2. The molecular formula is C21H19F2IN2O. The van der Waals surface area contributed by atoms with Gasteiger partial charge in [0.05, 0.1) is 29.9 Å². The van der Waals surface area contributed by atoms with E-state index in [0.717, 1.165) is 33.4 Å². The lowest BCUT2D eigenvalue weighted by Gasteiger charge is -2.35. The number of rotatable bonds is 4. The Morgan fingerprint density at radius 3 is 2.56 bits per heavy atom. The van der Waals surface area contributed by atoms with Crippen molar-refractivity contribution in [1.82, 2.24) is 0 Å². The molecule has 1 aliphatic heterocycles. The molecule has 3 nitrogen and oxygen atoms in total. The van der Waals surface area contributed by atoms with Gasteiger partial charge in [0.15, 0.2) is 0 Å². The van der Waals surface area contributed by atoms with Crippen LogP contribution in [0.25, 0.3) is 5.57 Å². The second-order valence-corrected chi connectivity index (χ2v) is 8.04. The number of benzene rings is 2. The van der Waals surface area contributed by atoms with E-state index in [2.05, 4.69) is 39.4 Å². The fourth-order valence-electron chi connectivity index (χ4n) is 3.63. The number of fused-ring (bicyclic) bond motifs is 1. The van der Waals surface area contributed by atoms with E-state index in [-0.39, 0.29) is 11.6 Å². The Morgan fingerprint density at radius 1 is 1.19 bits per heavy atom. The van der Waals surface area contributed by atoms with Gasteiger partial charge in [-0.1, -0.05) is 6.58 Å². The SMILES string of the molecule is C=C1C(OC)=C(C)N(C2CC2)c2cc(F)cc(Nc3ccc(I)cc3F)c21. The Kier molecular flexibility index (Phi) is 4.61. The maximum Gasteiger partial charge on any atom is 0.147 e. The van der Waals surface area contributed by atoms with E-state index in [9.17, 15) is 8.78 Å². The second-order valence-electron chi connectivity index (χ2n) is 6.80. The third-order valence-electron chi connectivity index (χ3n) is 4.92. The number of ether oxygens (including phenoxy) is 1. The molecule has 140 valence electrons. The largest absolute Gasteiger partial charge is 0.494 e. The highest BCUT2D eigenvalue weighted by molar-refractivity contribution is 14.1. The van der Waals surface area contributed by atoms with Gasteiger partial charge >= 0.3 is 0 Å². The van der Waals surface area contributed by atoms with Gasteiger partial charge in [-0.25, -0.2) is 8.78 Å². The summed E-state index contributed by atoms with van der Waals surface area (Å²) in [7, 11) is 1.61. The van der Waals surface area contributed by atoms with Crippen LogP contribution in [-0.4, -0.2) is 13.2 Å². The number of allylic oxidation sites excluding steroid dienone is 2. The molecular weight excluding hydrogens is 461 g/mol. The molecule has 1 heterocycles. The summed E-state index contributed by atoms with van der Waals surface area (Å²) >= 11 is 2.05. The standard InChI is InChI=1S/C21H19F2IN2O/c1-11-20-18(25-17-7-4-14(24)10-16(17)23)8-13(22)9-19(20)26(15-5-6-15)12(2)21(11)27-3/h4,7-10,15,25H,1,5-6H2,2-3H3. The lowest BCUT2D eigenvalue weighted by molar-refractivity contribution is 0.304. The summed E-state index contributed by atoms with van der Waals surface area (Å²) in [6.45, 7) is 6.13.